The summed E-state index contributed by atoms with van der Waals surface area (Å²) in [5, 5.41) is 0. The van der Waals surface area contributed by atoms with Gasteiger partial charge in [0.2, 0.25) is 0 Å². The first kappa shape index (κ1) is 19.4. The van der Waals surface area contributed by atoms with Gasteiger partial charge in [0.15, 0.2) is 11.6 Å². The van der Waals surface area contributed by atoms with Crippen LogP contribution in [0.1, 0.15) is 28.5 Å². The number of carbonyl (C=O) groups excluding carboxylic acids is 1. The highest BCUT2D eigenvalue weighted by atomic mass is 16.5. The van der Waals surface area contributed by atoms with Crippen molar-refractivity contribution in [2.75, 3.05) is 19.1 Å². The van der Waals surface area contributed by atoms with E-state index in [0.717, 1.165) is 22.6 Å². The van der Waals surface area contributed by atoms with Crippen molar-refractivity contribution in [3.05, 3.63) is 77.7 Å². The molecule has 0 atom stereocenters. The lowest BCUT2D eigenvalue weighted by Crippen LogP contribution is -2.25. The average Bonchev–Trinajstić information content (AvgIpc) is 2.74. The topological polar surface area (TPSA) is 64.6 Å². The summed E-state index contributed by atoms with van der Waals surface area (Å²) in [7, 11) is 3.29. The number of Topliss-reactive ketones (excluding diaryl/α,β-unsaturated/α-hetero) is 1. The number of rotatable bonds is 8. The van der Waals surface area contributed by atoms with Gasteiger partial charge in [0.1, 0.15) is 17.2 Å². The van der Waals surface area contributed by atoms with Crippen LogP contribution in [0.4, 0.5) is 5.82 Å². The molecule has 6 nitrogen and oxygen atoms in total. The molecule has 1 aromatic heterocycles. The van der Waals surface area contributed by atoms with E-state index in [1.807, 2.05) is 53.4 Å². The summed E-state index contributed by atoms with van der Waals surface area (Å²) >= 11 is 0. The van der Waals surface area contributed by atoms with E-state index in [2.05, 4.69) is 9.97 Å². The second kappa shape index (κ2) is 8.99. The lowest BCUT2D eigenvalue weighted by atomic mass is 10.1. The summed E-state index contributed by atoms with van der Waals surface area (Å²) in [6.07, 6.45) is 3.15. The number of ether oxygens (including phenoxy) is 2. The number of benzene rings is 2. The minimum atomic E-state index is -0.113. The molecule has 0 saturated carbocycles. The smallest absolute Gasteiger partial charge is 0.181 e. The molecule has 0 aliphatic rings. The Labute approximate surface area is 164 Å². The zero-order valence-corrected chi connectivity index (χ0v) is 16.3. The Hall–Kier alpha value is -3.41. The molecule has 6 heteroatoms. The molecule has 3 rings (SSSR count). The van der Waals surface area contributed by atoms with Crippen LogP contribution in [0.5, 0.6) is 11.5 Å². The van der Waals surface area contributed by atoms with Crippen molar-refractivity contribution in [2.24, 2.45) is 0 Å². The van der Waals surface area contributed by atoms with Gasteiger partial charge in [-0.15, -0.1) is 0 Å². The molecule has 0 amide bonds. The number of anilines is 1. The number of hydrogen-bond acceptors (Lipinski definition) is 6. The molecule has 0 aliphatic carbocycles. The summed E-state index contributed by atoms with van der Waals surface area (Å²) in [6, 6.07) is 15.7. The predicted octanol–water partition coefficient (Wildman–Crippen LogP) is 3.90. The largest absolute Gasteiger partial charge is 0.497 e. The van der Waals surface area contributed by atoms with E-state index in [0.29, 0.717) is 24.6 Å². The highest BCUT2D eigenvalue weighted by molar-refractivity contribution is 5.96. The summed E-state index contributed by atoms with van der Waals surface area (Å²) in [4.78, 5) is 22.8. The van der Waals surface area contributed by atoms with Gasteiger partial charge < -0.3 is 14.4 Å². The highest BCUT2D eigenvalue weighted by Crippen LogP contribution is 2.23. The Bertz CT molecular complexity index is 875. The maximum atomic E-state index is 12.1. The Morgan fingerprint density at radius 2 is 1.29 bits per heavy atom. The Morgan fingerprint density at radius 1 is 0.821 bits per heavy atom. The number of carbonyl (C=O) groups is 1. The van der Waals surface area contributed by atoms with E-state index in [-0.39, 0.29) is 5.78 Å². The Kier molecular flexibility index (Phi) is 6.22. The first-order valence-corrected chi connectivity index (χ1v) is 8.93. The lowest BCUT2D eigenvalue weighted by molar-refractivity contribution is 0.101. The van der Waals surface area contributed by atoms with Crippen LogP contribution in [0.25, 0.3) is 0 Å². The van der Waals surface area contributed by atoms with Crippen molar-refractivity contribution in [1.82, 2.24) is 9.97 Å². The monoisotopic (exact) mass is 377 g/mol. The summed E-state index contributed by atoms with van der Waals surface area (Å²) < 4.78 is 10.5. The van der Waals surface area contributed by atoms with Crippen LogP contribution in [0.2, 0.25) is 0 Å². The van der Waals surface area contributed by atoms with Crippen LogP contribution in [-0.4, -0.2) is 30.0 Å². The molecular weight excluding hydrogens is 354 g/mol. The third-order valence-electron chi connectivity index (χ3n) is 4.38. The first-order valence-electron chi connectivity index (χ1n) is 8.93. The third-order valence-corrected chi connectivity index (χ3v) is 4.38. The molecule has 144 valence electrons. The molecule has 0 spiro atoms. The van der Waals surface area contributed by atoms with Crippen LogP contribution < -0.4 is 14.4 Å². The number of aromatic nitrogens is 2. The van der Waals surface area contributed by atoms with Gasteiger partial charge in [0, 0.05) is 32.4 Å². The molecule has 3 aromatic rings. The number of ketones is 1. The number of hydrogen-bond donors (Lipinski definition) is 0. The Balaban J connectivity index is 1.93. The van der Waals surface area contributed by atoms with Gasteiger partial charge in [0.05, 0.1) is 14.2 Å². The Morgan fingerprint density at radius 3 is 1.71 bits per heavy atom. The van der Waals surface area contributed by atoms with Gasteiger partial charge in [-0.3, -0.25) is 4.79 Å². The second-order valence-corrected chi connectivity index (χ2v) is 6.34. The molecule has 0 radical (unpaired) electrons. The zero-order valence-electron chi connectivity index (χ0n) is 16.3. The summed E-state index contributed by atoms with van der Waals surface area (Å²) in [5.41, 5.74) is 2.52. The van der Waals surface area contributed by atoms with Crippen LogP contribution in [-0.2, 0) is 13.1 Å². The molecule has 28 heavy (non-hydrogen) atoms. The summed E-state index contributed by atoms with van der Waals surface area (Å²) in [5.74, 6) is 2.06. The van der Waals surface area contributed by atoms with Crippen molar-refractivity contribution in [3.63, 3.8) is 0 Å². The van der Waals surface area contributed by atoms with Gasteiger partial charge in [-0.05, 0) is 35.4 Å². The van der Waals surface area contributed by atoms with E-state index in [1.54, 1.807) is 26.6 Å². The summed E-state index contributed by atoms with van der Waals surface area (Å²) in [6.45, 7) is 2.66. The number of methoxy groups -OCH3 is 2. The third kappa shape index (κ3) is 4.65. The van der Waals surface area contributed by atoms with Crippen LogP contribution >= 0.6 is 0 Å². The lowest BCUT2D eigenvalue weighted by Gasteiger charge is -2.25. The van der Waals surface area contributed by atoms with E-state index >= 15 is 0 Å². The molecule has 0 N–H and O–H groups in total. The van der Waals surface area contributed by atoms with Gasteiger partial charge in [-0.1, -0.05) is 24.3 Å². The van der Waals surface area contributed by atoms with Crippen molar-refractivity contribution < 1.29 is 14.3 Å². The quantitative estimate of drug-likeness (QED) is 0.555. The normalized spacial score (nSPS) is 10.4. The van der Waals surface area contributed by atoms with E-state index in [9.17, 15) is 4.79 Å². The fraction of sp³-hybridized carbons (Fsp3) is 0.227. The van der Waals surface area contributed by atoms with Crippen molar-refractivity contribution in [3.8, 4) is 11.5 Å². The maximum absolute atomic E-state index is 12.1. The van der Waals surface area contributed by atoms with Crippen molar-refractivity contribution >= 4 is 11.6 Å². The van der Waals surface area contributed by atoms with Crippen molar-refractivity contribution in [1.29, 1.82) is 0 Å². The molecule has 1 heterocycles. The molecule has 0 fully saturated rings. The molecule has 0 bridgehead atoms. The minimum Gasteiger partial charge on any atom is -0.497 e. The number of nitrogens with zero attached hydrogens (tertiary/aromatic N) is 3. The van der Waals surface area contributed by atoms with Gasteiger partial charge in [-0.2, -0.15) is 0 Å². The SMILES string of the molecule is COc1ccc(CN(Cc2ccc(OC)cc2)c2nccnc2C(C)=O)cc1. The molecule has 0 unspecified atom stereocenters. The molecule has 0 aliphatic heterocycles. The molecule has 0 saturated heterocycles. The molecule has 2 aromatic carbocycles. The van der Waals surface area contributed by atoms with E-state index in [4.69, 9.17) is 9.47 Å². The van der Waals surface area contributed by atoms with Gasteiger partial charge in [-0.25, -0.2) is 9.97 Å². The average molecular weight is 377 g/mol. The fourth-order valence-corrected chi connectivity index (χ4v) is 2.92. The van der Waals surface area contributed by atoms with Gasteiger partial charge >= 0.3 is 0 Å². The van der Waals surface area contributed by atoms with E-state index < -0.39 is 0 Å². The van der Waals surface area contributed by atoms with Crippen LogP contribution in [0.3, 0.4) is 0 Å². The zero-order chi connectivity index (χ0) is 19.9. The van der Waals surface area contributed by atoms with Crippen LogP contribution in [0, 0.1) is 0 Å². The standard InChI is InChI=1S/C22H23N3O3/c1-16(26)21-22(24-13-12-23-21)25(14-17-4-8-19(27-2)9-5-17)15-18-6-10-20(28-3)11-7-18/h4-13H,14-15H2,1-3H3. The minimum absolute atomic E-state index is 0.113. The predicted molar refractivity (Wildman–Crippen MR) is 108 cm³/mol. The highest BCUT2D eigenvalue weighted by Gasteiger charge is 2.18. The van der Waals surface area contributed by atoms with Crippen LogP contribution in [0.15, 0.2) is 60.9 Å². The first-order chi connectivity index (χ1) is 13.6. The van der Waals surface area contributed by atoms with E-state index in [1.165, 1.54) is 6.92 Å². The maximum Gasteiger partial charge on any atom is 0.181 e. The fourth-order valence-electron chi connectivity index (χ4n) is 2.92. The van der Waals surface area contributed by atoms with Gasteiger partial charge in [0.25, 0.3) is 0 Å². The second-order valence-electron chi connectivity index (χ2n) is 6.34. The molecular formula is C22H23N3O3. The van der Waals surface area contributed by atoms with Crippen molar-refractivity contribution in [2.45, 2.75) is 20.0 Å².